The number of thiol groups is 1. The molecule has 0 aliphatic carbocycles. The number of nitrogens with zero attached hydrogens (tertiary/aromatic N) is 1. The predicted octanol–water partition coefficient (Wildman–Crippen LogP) is 3.29. The smallest absolute Gasteiger partial charge is 0.0713 e. The summed E-state index contributed by atoms with van der Waals surface area (Å²) in [5, 5.41) is 1.08. The standard InChI is InChI=1S/C9H6BrNS/c10-6-1-2-8-7(5-6)9(12)3-4-11-8/h1-5H,(H,11,12). The minimum Gasteiger partial charge on any atom is -0.256 e. The summed E-state index contributed by atoms with van der Waals surface area (Å²) in [7, 11) is 0. The Kier molecular flexibility index (Phi) is 2.07. The molecule has 0 radical (unpaired) electrons. The number of pyridine rings is 1. The van der Waals surface area contributed by atoms with Crippen molar-refractivity contribution in [3.63, 3.8) is 0 Å². The van der Waals surface area contributed by atoms with Crippen LogP contribution in [0.5, 0.6) is 0 Å². The molecule has 0 saturated carbocycles. The molecular formula is C9H6BrNS. The fraction of sp³-hybridized carbons (Fsp3) is 0. The molecular weight excluding hydrogens is 234 g/mol. The third kappa shape index (κ3) is 1.34. The summed E-state index contributed by atoms with van der Waals surface area (Å²) >= 11 is 7.74. The van der Waals surface area contributed by atoms with Gasteiger partial charge in [0.2, 0.25) is 0 Å². The first-order valence-electron chi connectivity index (χ1n) is 3.50. The van der Waals surface area contributed by atoms with E-state index >= 15 is 0 Å². The molecule has 1 aromatic heterocycles. The molecule has 0 fully saturated rings. The number of benzene rings is 1. The lowest BCUT2D eigenvalue weighted by atomic mass is 10.2. The average molecular weight is 240 g/mol. The molecule has 0 unspecified atom stereocenters. The van der Waals surface area contributed by atoms with Crippen molar-refractivity contribution in [2.45, 2.75) is 4.90 Å². The van der Waals surface area contributed by atoms with Crippen molar-refractivity contribution in [3.8, 4) is 0 Å². The SMILES string of the molecule is Sc1ccnc2ccc(Br)cc12. The summed E-state index contributed by atoms with van der Waals surface area (Å²) < 4.78 is 1.05. The van der Waals surface area contributed by atoms with E-state index in [1.165, 1.54) is 0 Å². The van der Waals surface area contributed by atoms with E-state index in [0.717, 1.165) is 20.3 Å². The van der Waals surface area contributed by atoms with Crippen molar-refractivity contribution in [1.82, 2.24) is 4.98 Å². The second-order valence-corrected chi connectivity index (χ2v) is 3.89. The summed E-state index contributed by atoms with van der Waals surface area (Å²) in [6, 6.07) is 7.85. The molecule has 60 valence electrons. The fourth-order valence-corrected chi connectivity index (χ4v) is 1.71. The highest BCUT2D eigenvalue weighted by Crippen LogP contribution is 2.23. The number of halogens is 1. The number of fused-ring (bicyclic) bond motifs is 1. The highest BCUT2D eigenvalue weighted by molar-refractivity contribution is 9.10. The number of hydrogen-bond donors (Lipinski definition) is 1. The fourth-order valence-electron chi connectivity index (χ4n) is 1.10. The van der Waals surface area contributed by atoms with Crippen molar-refractivity contribution in [2.75, 3.05) is 0 Å². The summed E-state index contributed by atoms with van der Waals surface area (Å²) in [5.41, 5.74) is 0.978. The third-order valence-corrected chi connectivity index (χ3v) is 2.56. The average Bonchev–Trinajstić information content (AvgIpc) is 2.07. The maximum absolute atomic E-state index is 4.34. The highest BCUT2D eigenvalue weighted by atomic mass is 79.9. The predicted molar refractivity (Wildman–Crippen MR) is 56.7 cm³/mol. The van der Waals surface area contributed by atoms with Crippen LogP contribution in [0.15, 0.2) is 39.8 Å². The lowest BCUT2D eigenvalue weighted by molar-refractivity contribution is 1.35. The molecule has 0 aliphatic rings. The zero-order valence-corrected chi connectivity index (χ0v) is 8.64. The van der Waals surface area contributed by atoms with E-state index in [4.69, 9.17) is 0 Å². The van der Waals surface area contributed by atoms with E-state index in [1.807, 2.05) is 24.3 Å². The van der Waals surface area contributed by atoms with E-state index in [9.17, 15) is 0 Å². The largest absolute Gasteiger partial charge is 0.256 e. The third-order valence-electron chi connectivity index (χ3n) is 1.68. The van der Waals surface area contributed by atoms with Crippen molar-refractivity contribution in [2.24, 2.45) is 0 Å². The molecule has 1 heterocycles. The molecule has 1 aromatic carbocycles. The van der Waals surface area contributed by atoms with Crippen LogP contribution in [0, 0.1) is 0 Å². The monoisotopic (exact) mass is 239 g/mol. The molecule has 0 aliphatic heterocycles. The number of hydrogen-bond acceptors (Lipinski definition) is 2. The van der Waals surface area contributed by atoms with Crippen molar-refractivity contribution in [1.29, 1.82) is 0 Å². The molecule has 0 atom stereocenters. The Morgan fingerprint density at radius 2 is 2.08 bits per heavy atom. The topological polar surface area (TPSA) is 12.9 Å². The van der Waals surface area contributed by atoms with Crippen LogP contribution in [0.1, 0.15) is 0 Å². The normalized spacial score (nSPS) is 10.5. The van der Waals surface area contributed by atoms with Crippen molar-refractivity contribution >= 4 is 39.5 Å². The Balaban J connectivity index is 2.88. The van der Waals surface area contributed by atoms with Gasteiger partial charge in [-0.25, -0.2) is 0 Å². The van der Waals surface area contributed by atoms with Crippen LogP contribution < -0.4 is 0 Å². The van der Waals surface area contributed by atoms with Crippen LogP contribution in [0.25, 0.3) is 10.9 Å². The molecule has 12 heavy (non-hydrogen) atoms. The number of aromatic nitrogens is 1. The second kappa shape index (κ2) is 3.07. The minimum absolute atomic E-state index is 0.960. The summed E-state index contributed by atoms with van der Waals surface area (Å²) in [6.45, 7) is 0. The van der Waals surface area contributed by atoms with Crippen molar-refractivity contribution < 1.29 is 0 Å². The van der Waals surface area contributed by atoms with Crippen LogP contribution in [0.3, 0.4) is 0 Å². The Bertz CT molecular complexity index is 428. The molecule has 0 spiro atoms. The van der Waals surface area contributed by atoms with E-state index < -0.39 is 0 Å². The molecule has 0 N–H and O–H groups in total. The Hall–Kier alpha value is -0.540. The van der Waals surface area contributed by atoms with Gasteiger partial charge in [-0.15, -0.1) is 12.6 Å². The molecule has 0 bridgehead atoms. The van der Waals surface area contributed by atoms with Gasteiger partial charge in [-0.05, 0) is 24.3 Å². The lowest BCUT2D eigenvalue weighted by Gasteiger charge is -1.99. The van der Waals surface area contributed by atoms with Crippen molar-refractivity contribution in [3.05, 3.63) is 34.9 Å². The Morgan fingerprint density at radius 1 is 1.25 bits per heavy atom. The Labute approximate surface area is 84.4 Å². The van der Waals surface area contributed by atoms with Gasteiger partial charge in [-0.3, -0.25) is 4.98 Å². The van der Waals surface area contributed by atoms with Gasteiger partial charge >= 0.3 is 0 Å². The second-order valence-electron chi connectivity index (χ2n) is 2.49. The van der Waals surface area contributed by atoms with Gasteiger partial charge < -0.3 is 0 Å². The molecule has 0 saturated heterocycles. The quantitative estimate of drug-likeness (QED) is 0.697. The zero-order chi connectivity index (χ0) is 8.55. The van der Waals surface area contributed by atoms with Crippen LogP contribution in [-0.4, -0.2) is 4.98 Å². The first-order chi connectivity index (χ1) is 5.77. The molecule has 1 nitrogen and oxygen atoms in total. The van der Waals surface area contributed by atoms with Crippen LogP contribution in [0.2, 0.25) is 0 Å². The first kappa shape index (κ1) is 8.08. The molecule has 3 heteroatoms. The van der Waals surface area contributed by atoms with Crippen LogP contribution >= 0.6 is 28.6 Å². The molecule has 2 aromatic rings. The van der Waals surface area contributed by atoms with E-state index in [-0.39, 0.29) is 0 Å². The van der Waals surface area contributed by atoms with E-state index in [1.54, 1.807) is 6.20 Å². The van der Waals surface area contributed by atoms with Gasteiger partial charge in [-0.1, -0.05) is 15.9 Å². The van der Waals surface area contributed by atoms with Gasteiger partial charge in [0.15, 0.2) is 0 Å². The number of rotatable bonds is 0. The van der Waals surface area contributed by atoms with Crippen LogP contribution in [0.4, 0.5) is 0 Å². The maximum Gasteiger partial charge on any atom is 0.0713 e. The van der Waals surface area contributed by atoms with Gasteiger partial charge in [0.05, 0.1) is 5.52 Å². The van der Waals surface area contributed by atoms with Gasteiger partial charge in [-0.2, -0.15) is 0 Å². The van der Waals surface area contributed by atoms with E-state index in [0.29, 0.717) is 0 Å². The van der Waals surface area contributed by atoms with Gasteiger partial charge in [0.1, 0.15) is 0 Å². The molecule has 0 amide bonds. The van der Waals surface area contributed by atoms with E-state index in [2.05, 4.69) is 33.5 Å². The summed E-state index contributed by atoms with van der Waals surface area (Å²) in [4.78, 5) is 5.17. The Morgan fingerprint density at radius 3 is 2.92 bits per heavy atom. The maximum atomic E-state index is 4.34. The highest BCUT2D eigenvalue weighted by Gasteiger charge is 1.97. The summed E-state index contributed by atoms with van der Waals surface area (Å²) in [5.74, 6) is 0. The van der Waals surface area contributed by atoms with Crippen LogP contribution in [-0.2, 0) is 0 Å². The molecule has 2 rings (SSSR count). The minimum atomic E-state index is 0.960. The van der Waals surface area contributed by atoms with Gasteiger partial charge in [0, 0.05) is 21.0 Å². The lowest BCUT2D eigenvalue weighted by Crippen LogP contribution is -1.78. The summed E-state index contributed by atoms with van der Waals surface area (Å²) in [6.07, 6.45) is 1.76. The van der Waals surface area contributed by atoms with Gasteiger partial charge in [0.25, 0.3) is 0 Å². The zero-order valence-electron chi connectivity index (χ0n) is 6.16. The first-order valence-corrected chi connectivity index (χ1v) is 4.74.